The van der Waals surface area contributed by atoms with E-state index in [9.17, 15) is 8.42 Å². The number of hydrogen-bond acceptors (Lipinski definition) is 5. The first-order valence-corrected chi connectivity index (χ1v) is 9.72. The second-order valence-electron chi connectivity index (χ2n) is 5.48. The zero-order valence-corrected chi connectivity index (χ0v) is 14.4. The van der Waals surface area contributed by atoms with Crippen molar-refractivity contribution in [3.05, 3.63) is 15.8 Å². The van der Waals surface area contributed by atoms with Gasteiger partial charge in [-0.05, 0) is 44.2 Å². The number of ether oxygens (including phenoxy) is 1. The van der Waals surface area contributed by atoms with Crippen LogP contribution in [0.1, 0.15) is 37.1 Å². The number of aryl methyl sites for hydroxylation is 1. The zero-order chi connectivity index (χ0) is 15.5. The highest BCUT2D eigenvalue weighted by Gasteiger charge is 2.28. The van der Waals surface area contributed by atoms with Gasteiger partial charge < -0.3 is 10.1 Å². The minimum Gasteiger partial charge on any atom is -0.378 e. The molecule has 1 aliphatic rings. The van der Waals surface area contributed by atoms with Gasteiger partial charge in [0.1, 0.15) is 4.90 Å². The fourth-order valence-corrected chi connectivity index (χ4v) is 5.66. The van der Waals surface area contributed by atoms with Crippen LogP contribution in [0.4, 0.5) is 0 Å². The maximum absolute atomic E-state index is 12.7. The highest BCUT2D eigenvalue weighted by molar-refractivity contribution is 7.89. The van der Waals surface area contributed by atoms with Crippen LogP contribution in [0.5, 0.6) is 0 Å². The summed E-state index contributed by atoms with van der Waals surface area (Å²) in [6.07, 6.45) is 1.57. The van der Waals surface area contributed by atoms with Gasteiger partial charge in [0.25, 0.3) is 0 Å². The molecule has 1 aromatic rings. The van der Waals surface area contributed by atoms with Crippen LogP contribution >= 0.6 is 11.3 Å². The van der Waals surface area contributed by atoms with Crippen molar-refractivity contribution in [2.24, 2.45) is 0 Å². The summed E-state index contributed by atoms with van der Waals surface area (Å²) >= 11 is 1.50. The van der Waals surface area contributed by atoms with Crippen LogP contribution in [0.15, 0.2) is 10.3 Å². The Kier molecular flexibility index (Phi) is 5.79. The van der Waals surface area contributed by atoms with Gasteiger partial charge in [0, 0.05) is 24.1 Å². The fourth-order valence-electron chi connectivity index (χ4n) is 2.59. The van der Waals surface area contributed by atoms with E-state index in [1.54, 1.807) is 0 Å². The lowest BCUT2D eigenvalue weighted by atomic mass is 10.1. The molecule has 5 nitrogen and oxygen atoms in total. The Morgan fingerprint density at radius 2 is 2.24 bits per heavy atom. The first-order valence-electron chi connectivity index (χ1n) is 7.35. The molecule has 0 radical (unpaired) electrons. The van der Waals surface area contributed by atoms with Gasteiger partial charge in [-0.2, -0.15) is 0 Å². The smallest absolute Gasteiger partial charge is 0.242 e. The zero-order valence-electron chi connectivity index (χ0n) is 12.8. The summed E-state index contributed by atoms with van der Waals surface area (Å²) in [6.45, 7) is 7.87. The normalized spacial score (nSPS) is 23.4. The number of thiophene rings is 1. The molecule has 2 atom stereocenters. The Hall–Kier alpha value is -0.470. The Balaban J connectivity index is 2.17. The molecule has 21 heavy (non-hydrogen) atoms. The van der Waals surface area contributed by atoms with Crippen molar-refractivity contribution >= 4 is 21.4 Å². The first-order chi connectivity index (χ1) is 9.94. The van der Waals surface area contributed by atoms with Gasteiger partial charge in [-0.3, -0.25) is 0 Å². The molecule has 1 fully saturated rings. The molecule has 2 heterocycles. The van der Waals surface area contributed by atoms with Crippen molar-refractivity contribution in [2.45, 2.75) is 57.2 Å². The van der Waals surface area contributed by atoms with Gasteiger partial charge in [0.15, 0.2) is 0 Å². The Morgan fingerprint density at radius 3 is 2.90 bits per heavy atom. The molecule has 0 bridgehead atoms. The molecule has 0 aromatic carbocycles. The average Bonchev–Trinajstić information content (AvgIpc) is 2.77. The van der Waals surface area contributed by atoms with E-state index < -0.39 is 10.0 Å². The van der Waals surface area contributed by atoms with E-state index in [1.165, 1.54) is 11.3 Å². The van der Waals surface area contributed by atoms with Crippen molar-refractivity contribution < 1.29 is 13.2 Å². The minimum atomic E-state index is -3.47. The quantitative estimate of drug-likeness (QED) is 0.836. The molecule has 0 amide bonds. The summed E-state index contributed by atoms with van der Waals surface area (Å²) in [6, 6.07) is -0.0370. The second kappa shape index (κ2) is 7.19. The van der Waals surface area contributed by atoms with Crippen LogP contribution < -0.4 is 10.0 Å². The van der Waals surface area contributed by atoms with E-state index in [-0.39, 0.29) is 12.1 Å². The highest BCUT2D eigenvalue weighted by Crippen LogP contribution is 2.27. The Labute approximate surface area is 131 Å². The topological polar surface area (TPSA) is 67.4 Å². The number of rotatable bonds is 6. The van der Waals surface area contributed by atoms with E-state index in [4.69, 9.17) is 4.74 Å². The van der Waals surface area contributed by atoms with Gasteiger partial charge in [0.05, 0.1) is 6.10 Å². The van der Waals surface area contributed by atoms with Gasteiger partial charge >= 0.3 is 0 Å². The Morgan fingerprint density at radius 1 is 1.48 bits per heavy atom. The number of hydrogen-bond donors (Lipinski definition) is 2. The van der Waals surface area contributed by atoms with Gasteiger partial charge in [-0.15, -0.1) is 11.3 Å². The second-order valence-corrected chi connectivity index (χ2v) is 8.09. The molecule has 1 aromatic heterocycles. The average molecular weight is 332 g/mol. The lowest BCUT2D eigenvalue weighted by Gasteiger charge is -2.27. The van der Waals surface area contributed by atoms with Gasteiger partial charge in [-0.1, -0.05) is 6.92 Å². The Bertz CT molecular complexity index is 569. The van der Waals surface area contributed by atoms with E-state index in [0.717, 1.165) is 29.8 Å². The molecule has 0 spiro atoms. The van der Waals surface area contributed by atoms with Crippen LogP contribution in [-0.2, 0) is 21.3 Å². The molecule has 2 unspecified atom stereocenters. The SMILES string of the molecule is CCNCc1scc(C)c1S(=O)(=O)NC1CCOC(C)C1. The van der Waals surface area contributed by atoms with Crippen molar-refractivity contribution in [2.75, 3.05) is 13.2 Å². The van der Waals surface area contributed by atoms with E-state index in [0.29, 0.717) is 18.0 Å². The van der Waals surface area contributed by atoms with E-state index in [1.807, 2.05) is 26.2 Å². The van der Waals surface area contributed by atoms with Crippen LogP contribution in [0, 0.1) is 6.92 Å². The summed E-state index contributed by atoms with van der Waals surface area (Å²) in [5.74, 6) is 0. The lowest BCUT2D eigenvalue weighted by molar-refractivity contribution is 0.0173. The molecule has 7 heteroatoms. The van der Waals surface area contributed by atoms with Crippen molar-refractivity contribution in [1.29, 1.82) is 0 Å². The molecule has 0 aliphatic carbocycles. The number of sulfonamides is 1. The lowest BCUT2D eigenvalue weighted by Crippen LogP contribution is -2.41. The molecule has 1 saturated heterocycles. The summed E-state index contributed by atoms with van der Waals surface area (Å²) in [5.41, 5.74) is 0.820. The standard InChI is InChI=1S/C14H24N2O3S2/c1-4-15-8-13-14(10(2)9-20-13)21(17,18)16-12-5-6-19-11(3)7-12/h9,11-12,15-16H,4-8H2,1-3H3. The minimum absolute atomic E-state index is 0.0370. The third-order valence-electron chi connectivity index (χ3n) is 3.60. The first kappa shape index (κ1) is 16.9. The van der Waals surface area contributed by atoms with Gasteiger partial charge in [0.2, 0.25) is 10.0 Å². The fraction of sp³-hybridized carbons (Fsp3) is 0.714. The largest absolute Gasteiger partial charge is 0.378 e. The monoisotopic (exact) mass is 332 g/mol. The summed E-state index contributed by atoms with van der Waals surface area (Å²) in [5, 5.41) is 5.11. The number of nitrogens with one attached hydrogen (secondary N) is 2. The van der Waals surface area contributed by atoms with E-state index >= 15 is 0 Å². The molecule has 1 aliphatic heterocycles. The summed E-state index contributed by atoms with van der Waals surface area (Å²) in [4.78, 5) is 1.33. The van der Waals surface area contributed by atoms with Crippen LogP contribution in [-0.4, -0.2) is 33.7 Å². The van der Waals surface area contributed by atoms with Crippen LogP contribution in [0.2, 0.25) is 0 Å². The summed E-state index contributed by atoms with van der Waals surface area (Å²) in [7, 11) is -3.47. The van der Waals surface area contributed by atoms with Gasteiger partial charge in [-0.25, -0.2) is 13.1 Å². The maximum atomic E-state index is 12.7. The predicted octanol–water partition coefficient (Wildman–Crippen LogP) is 2.01. The van der Waals surface area contributed by atoms with E-state index in [2.05, 4.69) is 10.0 Å². The maximum Gasteiger partial charge on any atom is 0.242 e. The third-order valence-corrected chi connectivity index (χ3v) is 6.58. The highest BCUT2D eigenvalue weighted by atomic mass is 32.2. The van der Waals surface area contributed by atoms with Crippen molar-refractivity contribution in [3.8, 4) is 0 Å². The molecule has 2 rings (SSSR count). The molecule has 120 valence electrons. The molecular formula is C14H24N2O3S2. The van der Waals surface area contributed by atoms with Crippen LogP contribution in [0.25, 0.3) is 0 Å². The van der Waals surface area contributed by atoms with Crippen LogP contribution in [0.3, 0.4) is 0 Å². The summed E-state index contributed by atoms with van der Waals surface area (Å²) < 4.78 is 33.7. The predicted molar refractivity (Wildman–Crippen MR) is 85.2 cm³/mol. The molecule has 0 saturated carbocycles. The van der Waals surface area contributed by atoms with Crippen molar-refractivity contribution in [3.63, 3.8) is 0 Å². The molecule has 2 N–H and O–H groups in total. The third kappa shape index (κ3) is 4.26. The van der Waals surface area contributed by atoms with Crippen molar-refractivity contribution in [1.82, 2.24) is 10.0 Å². The molecular weight excluding hydrogens is 308 g/mol.